The van der Waals surface area contributed by atoms with Gasteiger partial charge in [-0.1, -0.05) is 24.3 Å². The molecule has 1 N–H and O–H groups in total. The normalized spacial score (nSPS) is 17.0. The van der Waals surface area contributed by atoms with Crippen LogP contribution in [0.2, 0.25) is 0 Å². The fourth-order valence-corrected chi connectivity index (χ4v) is 2.56. The predicted molar refractivity (Wildman–Crippen MR) is 83.7 cm³/mol. The lowest BCUT2D eigenvalue weighted by Crippen LogP contribution is -2.23. The van der Waals surface area contributed by atoms with E-state index in [0.717, 1.165) is 0 Å². The van der Waals surface area contributed by atoms with E-state index in [-0.39, 0.29) is 12.5 Å². The third kappa shape index (κ3) is 3.15. The number of nitrogens with zero attached hydrogens (tertiary/aromatic N) is 1. The summed E-state index contributed by atoms with van der Waals surface area (Å²) in [6, 6.07) is 12.9. The summed E-state index contributed by atoms with van der Waals surface area (Å²) < 4.78 is 18.7. The minimum absolute atomic E-state index is 0.205. The molecule has 1 saturated heterocycles. The van der Waals surface area contributed by atoms with Crippen LogP contribution in [0.1, 0.15) is 18.6 Å². The number of nitrogens with one attached hydrogen (secondary N) is 1. The van der Waals surface area contributed by atoms with E-state index in [1.807, 2.05) is 0 Å². The Morgan fingerprint density at radius 1 is 1.26 bits per heavy atom. The second-order valence-corrected chi connectivity index (χ2v) is 5.23. The maximum absolute atomic E-state index is 13.3. The molecule has 0 spiro atoms. The SMILES string of the molecule is CC(=O)Nc1ccccc1[C@H]1CN(c2cccc(F)c2)C(=O)O1. The third-order valence-electron chi connectivity index (χ3n) is 3.55. The average molecular weight is 314 g/mol. The molecule has 0 aromatic heterocycles. The molecule has 23 heavy (non-hydrogen) atoms. The fourth-order valence-electron chi connectivity index (χ4n) is 2.56. The number of hydrogen-bond donors (Lipinski definition) is 1. The van der Waals surface area contributed by atoms with Gasteiger partial charge in [-0.15, -0.1) is 0 Å². The van der Waals surface area contributed by atoms with Crippen LogP contribution >= 0.6 is 0 Å². The van der Waals surface area contributed by atoms with Gasteiger partial charge in [0.15, 0.2) is 0 Å². The molecule has 2 aromatic rings. The lowest BCUT2D eigenvalue weighted by Gasteiger charge is -2.15. The third-order valence-corrected chi connectivity index (χ3v) is 3.55. The van der Waals surface area contributed by atoms with Gasteiger partial charge in [0.1, 0.15) is 11.9 Å². The Kier molecular flexibility index (Phi) is 3.97. The van der Waals surface area contributed by atoms with Gasteiger partial charge in [-0.3, -0.25) is 9.69 Å². The number of amides is 2. The van der Waals surface area contributed by atoms with Crippen LogP contribution in [0.25, 0.3) is 0 Å². The zero-order valence-electron chi connectivity index (χ0n) is 12.5. The van der Waals surface area contributed by atoms with Gasteiger partial charge < -0.3 is 10.1 Å². The summed E-state index contributed by atoms with van der Waals surface area (Å²) in [4.78, 5) is 24.8. The first-order valence-electron chi connectivity index (χ1n) is 7.15. The molecule has 0 saturated carbocycles. The molecule has 2 aromatic carbocycles. The lowest BCUT2D eigenvalue weighted by atomic mass is 10.1. The first-order chi connectivity index (χ1) is 11.0. The van der Waals surface area contributed by atoms with E-state index in [4.69, 9.17) is 4.74 Å². The van der Waals surface area contributed by atoms with E-state index in [9.17, 15) is 14.0 Å². The lowest BCUT2D eigenvalue weighted by molar-refractivity contribution is -0.114. The van der Waals surface area contributed by atoms with E-state index in [0.29, 0.717) is 16.9 Å². The molecular formula is C17H15FN2O3. The highest BCUT2D eigenvalue weighted by Gasteiger charge is 2.34. The smallest absolute Gasteiger partial charge is 0.415 e. The largest absolute Gasteiger partial charge is 0.439 e. The number of cyclic esters (lactones) is 1. The van der Waals surface area contributed by atoms with E-state index < -0.39 is 18.0 Å². The quantitative estimate of drug-likeness (QED) is 0.943. The van der Waals surface area contributed by atoms with Gasteiger partial charge in [-0.25, -0.2) is 9.18 Å². The second-order valence-electron chi connectivity index (χ2n) is 5.23. The summed E-state index contributed by atoms with van der Waals surface area (Å²) in [6.07, 6.45) is -1.08. The standard InChI is InChI=1S/C17H15FN2O3/c1-11(21)19-15-8-3-2-7-14(15)16-10-20(17(22)23-16)13-6-4-5-12(18)9-13/h2-9,16H,10H2,1H3,(H,19,21)/t16-/m1/s1. The Labute approximate surface area is 132 Å². The fraction of sp³-hybridized carbons (Fsp3) is 0.176. The predicted octanol–water partition coefficient (Wildman–Crippen LogP) is 3.48. The van der Waals surface area contributed by atoms with Crippen molar-refractivity contribution in [2.45, 2.75) is 13.0 Å². The Bertz CT molecular complexity index is 763. The number of hydrogen-bond acceptors (Lipinski definition) is 3. The van der Waals surface area contributed by atoms with Gasteiger partial charge in [0.25, 0.3) is 0 Å². The number of para-hydroxylation sites is 1. The van der Waals surface area contributed by atoms with E-state index >= 15 is 0 Å². The molecule has 0 bridgehead atoms. The van der Waals surface area contributed by atoms with Crippen molar-refractivity contribution in [3.8, 4) is 0 Å². The van der Waals surface area contributed by atoms with Gasteiger partial charge in [0, 0.05) is 18.2 Å². The highest BCUT2D eigenvalue weighted by molar-refractivity contribution is 5.92. The van der Waals surface area contributed by atoms with Gasteiger partial charge in [-0.05, 0) is 24.3 Å². The molecule has 1 aliphatic heterocycles. The Balaban J connectivity index is 1.87. The molecule has 1 atom stereocenters. The molecular weight excluding hydrogens is 299 g/mol. The molecule has 118 valence electrons. The number of benzene rings is 2. The molecule has 0 unspecified atom stereocenters. The van der Waals surface area contributed by atoms with Crippen LogP contribution in [0.3, 0.4) is 0 Å². The summed E-state index contributed by atoms with van der Waals surface area (Å²) in [6.45, 7) is 1.66. The number of halogens is 1. The van der Waals surface area contributed by atoms with Crippen molar-refractivity contribution in [2.75, 3.05) is 16.8 Å². The molecule has 2 amide bonds. The number of ether oxygens (including phenoxy) is 1. The molecule has 5 nitrogen and oxygen atoms in total. The van der Waals surface area contributed by atoms with Gasteiger partial charge in [0.2, 0.25) is 5.91 Å². The first-order valence-corrected chi connectivity index (χ1v) is 7.15. The topological polar surface area (TPSA) is 58.6 Å². The average Bonchev–Trinajstić information content (AvgIpc) is 2.89. The number of rotatable bonds is 3. The summed E-state index contributed by atoms with van der Waals surface area (Å²) in [5.41, 5.74) is 1.74. The zero-order chi connectivity index (χ0) is 16.4. The molecule has 0 radical (unpaired) electrons. The van der Waals surface area contributed by atoms with Crippen LogP contribution in [-0.4, -0.2) is 18.5 Å². The molecule has 3 rings (SSSR count). The van der Waals surface area contributed by atoms with Crippen LogP contribution in [0, 0.1) is 5.82 Å². The molecule has 1 heterocycles. The second kappa shape index (κ2) is 6.08. The highest BCUT2D eigenvalue weighted by Crippen LogP contribution is 2.33. The Hall–Kier alpha value is -2.89. The number of carbonyl (C=O) groups excluding carboxylic acids is 2. The minimum Gasteiger partial charge on any atom is -0.439 e. The van der Waals surface area contributed by atoms with Crippen LogP contribution in [-0.2, 0) is 9.53 Å². The first kappa shape index (κ1) is 15.0. The van der Waals surface area contributed by atoms with Crippen LogP contribution in [0.4, 0.5) is 20.6 Å². The molecule has 6 heteroatoms. The van der Waals surface area contributed by atoms with Crippen molar-refractivity contribution < 1.29 is 18.7 Å². The number of carbonyl (C=O) groups is 2. The van der Waals surface area contributed by atoms with E-state index in [1.54, 1.807) is 30.3 Å². The van der Waals surface area contributed by atoms with Crippen LogP contribution < -0.4 is 10.2 Å². The minimum atomic E-state index is -0.543. The Morgan fingerprint density at radius 3 is 2.78 bits per heavy atom. The van der Waals surface area contributed by atoms with Crippen molar-refractivity contribution in [1.29, 1.82) is 0 Å². The Morgan fingerprint density at radius 2 is 2.04 bits per heavy atom. The van der Waals surface area contributed by atoms with Crippen molar-refractivity contribution in [3.05, 3.63) is 59.9 Å². The van der Waals surface area contributed by atoms with E-state index in [2.05, 4.69) is 5.32 Å². The summed E-state index contributed by atoms with van der Waals surface area (Å²) in [5.74, 6) is -0.624. The maximum Gasteiger partial charge on any atom is 0.415 e. The summed E-state index contributed by atoms with van der Waals surface area (Å²) in [5, 5.41) is 2.72. The molecule has 1 fully saturated rings. The van der Waals surface area contributed by atoms with Crippen molar-refractivity contribution in [1.82, 2.24) is 0 Å². The number of anilines is 2. The van der Waals surface area contributed by atoms with Gasteiger partial charge in [0.05, 0.1) is 12.2 Å². The summed E-state index contributed by atoms with van der Waals surface area (Å²) >= 11 is 0. The van der Waals surface area contributed by atoms with E-state index in [1.165, 1.54) is 30.0 Å². The van der Waals surface area contributed by atoms with Gasteiger partial charge >= 0.3 is 6.09 Å². The van der Waals surface area contributed by atoms with Crippen molar-refractivity contribution in [3.63, 3.8) is 0 Å². The zero-order valence-corrected chi connectivity index (χ0v) is 12.5. The van der Waals surface area contributed by atoms with Crippen LogP contribution in [0.15, 0.2) is 48.5 Å². The highest BCUT2D eigenvalue weighted by atomic mass is 19.1. The molecule has 1 aliphatic rings. The van der Waals surface area contributed by atoms with Crippen molar-refractivity contribution >= 4 is 23.4 Å². The van der Waals surface area contributed by atoms with Crippen molar-refractivity contribution in [2.24, 2.45) is 0 Å². The van der Waals surface area contributed by atoms with Crippen LogP contribution in [0.5, 0.6) is 0 Å². The van der Waals surface area contributed by atoms with Gasteiger partial charge in [-0.2, -0.15) is 0 Å². The molecule has 0 aliphatic carbocycles. The monoisotopic (exact) mass is 314 g/mol. The summed E-state index contributed by atoms with van der Waals surface area (Å²) in [7, 11) is 0. The maximum atomic E-state index is 13.3.